The number of hydrogen-bond acceptors (Lipinski definition) is 4. The molecule has 0 spiro atoms. The van der Waals surface area contributed by atoms with Crippen molar-refractivity contribution < 1.29 is 13.9 Å². The van der Waals surface area contributed by atoms with E-state index in [-0.39, 0.29) is 17.5 Å². The summed E-state index contributed by atoms with van der Waals surface area (Å²) in [4.78, 5) is 16.7. The first-order chi connectivity index (χ1) is 13.0. The number of ether oxygens (including phenoxy) is 1. The summed E-state index contributed by atoms with van der Waals surface area (Å²) in [5, 5.41) is 2.98. The van der Waals surface area contributed by atoms with Crippen LogP contribution in [-0.2, 0) is 11.3 Å². The monoisotopic (exact) mass is 371 g/mol. The van der Waals surface area contributed by atoms with Crippen molar-refractivity contribution in [3.8, 4) is 5.75 Å². The largest absolute Gasteiger partial charge is 0.494 e. The van der Waals surface area contributed by atoms with E-state index in [4.69, 9.17) is 4.74 Å². The molecule has 0 aromatic heterocycles. The number of aryl methyl sites for hydroxylation is 1. The lowest BCUT2D eigenvalue weighted by atomic mass is 10.1. The van der Waals surface area contributed by atoms with Gasteiger partial charge in [-0.3, -0.25) is 14.6 Å². The Bertz CT molecular complexity index is 789. The molecule has 2 aromatic carbocycles. The SMILES string of the molecule is COc1ccc(CN2CCN(CC(=O)Nc3ccccc3C)CC2)cc1F. The summed E-state index contributed by atoms with van der Waals surface area (Å²) in [7, 11) is 1.46. The number of hydrogen-bond donors (Lipinski definition) is 1. The van der Waals surface area contributed by atoms with Gasteiger partial charge in [0, 0.05) is 38.4 Å². The Morgan fingerprint density at radius 2 is 1.81 bits per heavy atom. The molecular formula is C21H26FN3O2. The lowest BCUT2D eigenvalue weighted by Crippen LogP contribution is -2.48. The van der Waals surface area contributed by atoms with Crippen LogP contribution in [0.3, 0.4) is 0 Å². The molecule has 1 amide bonds. The zero-order chi connectivity index (χ0) is 19.2. The first kappa shape index (κ1) is 19.3. The van der Waals surface area contributed by atoms with Crippen LogP contribution in [-0.4, -0.2) is 55.5 Å². The Morgan fingerprint density at radius 3 is 2.48 bits per heavy atom. The fourth-order valence-electron chi connectivity index (χ4n) is 3.28. The van der Waals surface area contributed by atoms with Crippen LogP contribution < -0.4 is 10.1 Å². The molecule has 2 aromatic rings. The quantitative estimate of drug-likeness (QED) is 0.848. The minimum Gasteiger partial charge on any atom is -0.494 e. The number of piperazine rings is 1. The number of methoxy groups -OCH3 is 1. The molecule has 0 unspecified atom stereocenters. The standard InChI is InChI=1S/C21H26FN3O2/c1-16-5-3-4-6-19(16)23-21(26)15-25-11-9-24(10-12-25)14-17-7-8-20(27-2)18(22)13-17/h3-8,13H,9-12,14-15H2,1-2H3,(H,23,26). The zero-order valence-corrected chi connectivity index (χ0v) is 15.9. The van der Waals surface area contributed by atoms with E-state index >= 15 is 0 Å². The van der Waals surface area contributed by atoms with Crippen molar-refractivity contribution in [1.29, 1.82) is 0 Å². The Labute approximate surface area is 159 Å². The second-order valence-electron chi connectivity index (χ2n) is 6.88. The van der Waals surface area contributed by atoms with Gasteiger partial charge in [-0.25, -0.2) is 4.39 Å². The lowest BCUT2D eigenvalue weighted by molar-refractivity contribution is -0.117. The Kier molecular flexibility index (Phi) is 6.42. The molecule has 0 aliphatic carbocycles. The third kappa shape index (κ3) is 5.28. The summed E-state index contributed by atoms with van der Waals surface area (Å²) in [6.07, 6.45) is 0. The Hall–Kier alpha value is -2.44. The van der Waals surface area contributed by atoms with E-state index in [1.54, 1.807) is 6.07 Å². The van der Waals surface area contributed by atoms with Crippen LogP contribution in [0.2, 0.25) is 0 Å². The number of benzene rings is 2. The van der Waals surface area contributed by atoms with Crippen molar-refractivity contribution in [1.82, 2.24) is 9.80 Å². The van der Waals surface area contributed by atoms with E-state index in [1.165, 1.54) is 13.2 Å². The molecule has 0 atom stereocenters. The summed E-state index contributed by atoms with van der Waals surface area (Å²) in [6, 6.07) is 12.9. The first-order valence-corrected chi connectivity index (χ1v) is 9.18. The van der Waals surface area contributed by atoms with Crippen molar-refractivity contribution in [3.63, 3.8) is 0 Å². The molecule has 0 radical (unpaired) electrons. The Balaban J connectivity index is 1.45. The van der Waals surface area contributed by atoms with Gasteiger partial charge in [0.15, 0.2) is 11.6 Å². The normalized spacial score (nSPS) is 15.5. The molecule has 6 heteroatoms. The second kappa shape index (κ2) is 8.97. The first-order valence-electron chi connectivity index (χ1n) is 9.18. The van der Waals surface area contributed by atoms with Gasteiger partial charge < -0.3 is 10.1 Å². The maximum atomic E-state index is 13.8. The molecule has 1 heterocycles. The average Bonchev–Trinajstić information content (AvgIpc) is 2.65. The van der Waals surface area contributed by atoms with E-state index in [9.17, 15) is 9.18 Å². The molecule has 1 N–H and O–H groups in total. The minimum atomic E-state index is -0.332. The smallest absolute Gasteiger partial charge is 0.238 e. The van der Waals surface area contributed by atoms with E-state index in [2.05, 4.69) is 15.1 Å². The molecule has 1 fully saturated rings. The van der Waals surface area contributed by atoms with Crippen molar-refractivity contribution in [2.45, 2.75) is 13.5 Å². The fraction of sp³-hybridized carbons (Fsp3) is 0.381. The number of halogens is 1. The second-order valence-corrected chi connectivity index (χ2v) is 6.88. The van der Waals surface area contributed by atoms with E-state index in [0.29, 0.717) is 13.1 Å². The number of nitrogens with zero attached hydrogens (tertiary/aromatic N) is 2. The van der Waals surface area contributed by atoms with Crippen LogP contribution in [0.25, 0.3) is 0 Å². The number of anilines is 1. The third-order valence-corrected chi connectivity index (χ3v) is 4.87. The van der Waals surface area contributed by atoms with Crippen molar-refractivity contribution in [2.24, 2.45) is 0 Å². The van der Waals surface area contributed by atoms with Gasteiger partial charge in [0.2, 0.25) is 5.91 Å². The van der Waals surface area contributed by atoms with Crippen molar-refractivity contribution >= 4 is 11.6 Å². The summed E-state index contributed by atoms with van der Waals surface area (Å²) in [5.41, 5.74) is 2.85. The highest BCUT2D eigenvalue weighted by Crippen LogP contribution is 2.19. The summed E-state index contributed by atoms with van der Waals surface area (Å²) in [5.74, 6) is -0.0558. The van der Waals surface area contributed by atoms with Crippen LogP contribution in [0, 0.1) is 12.7 Å². The van der Waals surface area contributed by atoms with E-state index < -0.39 is 0 Å². The van der Waals surface area contributed by atoms with Gasteiger partial charge in [-0.05, 0) is 36.2 Å². The molecule has 3 rings (SSSR count). The third-order valence-electron chi connectivity index (χ3n) is 4.87. The highest BCUT2D eigenvalue weighted by molar-refractivity contribution is 5.92. The van der Waals surface area contributed by atoms with E-state index in [0.717, 1.165) is 43.0 Å². The number of carbonyl (C=O) groups excluding carboxylic acids is 1. The maximum Gasteiger partial charge on any atom is 0.238 e. The number of carbonyl (C=O) groups is 1. The molecule has 27 heavy (non-hydrogen) atoms. The number of nitrogens with one attached hydrogen (secondary N) is 1. The van der Waals surface area contributed by atoms with Crippen molar-refractivity contribution in [3.05, 3.63) is 59.4 Å². The highest BCUT2D eigenvalue weighted by Gasteiger charge is 2.19. The topological polar surface area (TPSA) is 44.8 Å². The predicted octanol–water partition coefficient (Wildman–Crippen LogP) is 2.90. The predicted molar refractivity (Wildman–Crippen MR) is 104 cm³/mol. The van der Waals surface area contributed by atoms with Gasteiger partial charge in [0.1, 0.15) is 0 Å². The van der Waals surface area contributed by atoms with Crippen LogP contribution in [0.5, 0.6) is 5.75 Å². The van der Waals surface area contributed by atoms with Crippen LogP contribution >= 0.6 is 0 Å². The Morgan fingerprint density at radius 1 is 1.11 bits per heavy atom. The zero-order valence-electron chi connectivity index (χ0n) is 15.9. The molecule has 1 aliphatic heterocycles. The molecule has 144 valence electrons. The van der Waals surface area contributed by atoms with Gasteiger partial charge in [-0.1, -0.05) is 24.3 Å². The fourth-order valence-corrected chi connectivity index (χ4v) is 3.28. The van der Waals surface area contributed by atoms with Crippen LogP contribution in [0.15, 0.2) is 42.5 Å². The molecule has 1 aliphatic rings. The van der Waals surface area contributed by atoms with Gasteiger partial charge in [-0.2, -0.15) is 0 Å². The molecule has 0 bridgehead atoms. The molecule has 5 nitrogen and oxygen atoms in total. The van der Waals surface area contributed by atoms with Gasteiger partial charge >= 0.3 is 0 Å². The summed E-state index contributed by atoms with van der Waals surface area (Å²) >= 11 is 0. The van der Waals surface area contributed by atoms with Crippen LogP contribution in [0.4, 0.5) is 10.1 Å². The molecular weight excluding hydrogens is 345 g/mol. The summed E-state index contributed by atoms with van der Waals surface area (Å²) in [6.45, 7) is 6.41. The lowest BCUT2D eigenvalue weighted by Gasteiger charge is -2.34. The number of rotatable bonds is 6. The van der Waals surface area contributed by atoms with Crippen molar-refractivity contribution in [2.75, 3.05) is 45.2 Å². The average molecular weight is 371 g/mol. The van der Waals surface area contributed by atoms with Crippen LogP contribution in [0.1, 0.15) is 11.1 Å². The minimum absolute atomic E-state index is 0.00924. The highest BCUT2D eigenvalue weighted by atomic mass is 19.1. The molecule has 0 saturated carbocycles. The van der Waals surface area contributed by atoms with Gasteiger partial charge in [-0.15, -0.1) is 0 Å². The number of amides is 1. The summed E-state index contributed by atoms with van der Waals surface area (Å²) < 4.78 is 18.8. The van der Waals surface area contributed by atoms with Gasteiger partial charge in [0.05, 0.1) is 13.7 Å². The maximum absolute atomic E-state index is 13.8. The van der Waals surface area contributed by atoms with E-state index in [1.807, 2.05) is 37.3 Å². The van der Waals surface area contributed by atoms with Gasteiger partial charge in [0.25, 0.3) is 0 Å². The molecule has 1 saturated heterocycles. The number of para-hydroxylation sites is 1.